The number of hydrogen-bond donors (Lipinski definition) is 2. The number of anilines is 1. The topological polar surface area (TPSA) is 90.2 Å². The largest absolute Gasteiger partial charge is 0.365 e. The summed E-state index contributed by atoms with van der Waals surface area (Å²) in [5.74, 6) is 0.332. The number of nitrogens with two attached hydrogens (primary N) is 2. The lowest BCUT2D eigenvalue weighted by atomic mass is 9.93. The Kier molecular flexibility index (Phi) is 4.57. The van der Waals surface area contributed by atoms with E-state index in [0.717, 1.165) is 18.9 Å². The van der Waals surface area contributed by atoms with Gasteiger partial charge in [-0.15, -0.1) is 0 Å². The predicted molar refractivity (Wildman–Crippen MR) is 77.2 cm³/mol. The maximum atomic E-state index is 11.6. The smallest absolute Gasteiger partial charge is 0.254 e. The second kappa shape index (κ2) is 5.61. The van der Waals surface area contributed by atoms with Gasteiger partial charge in [-0.05, 0) is 25.8 Å². The molecule has 0 fully saturated rings. The number of amides is 1. The molecule has 0 saturated carbocycles. The highest BCUT2D eigenvalue weighted by Crippen LogP contribution is 2.26. The number of nitrogens with zero attached hydrogens (tertiary/aromatic N) is 3. The average Bonchev–Trinajstić information content (AvgIpc) is 2.61. The molecule has 0 bridgehead atoms. The van der Waals surface area contributed by atoms with Crippen LogP contribution in [0.15, 0.2) is 0 Å². The Labute approximate surface area is 114 Å². The molecule has 108 valence electrons. The van der Waals surface area contributed by atoms with Crippen molar-refractivity contribution in [2.45, 2.75) is 27.7 Å². The summed E-state index contributed by atoms with van der Waals surface area (Å²) in [4.78, 5) is 13.7. The van der Waals surface area contributed by atoms with E-state index in [9.17, 15) is 4.79 Å². The molecule has 1 rings (SSSR count). The van der Waals surface area contributed by atoms with E-state index in [1.807, 2.05) is 14.0 Å². The minimum Gasteiger partial charge on any atom is -0.365 e. The van der Waals surface area contributed by atoms with E-state index < -0.39 is 5.91 Å². The highest BCUT2D eigenvalue weighted by atomic mass is 16.1. The molecule has 4 N–H and O–H groups in total. The second-order valence-electron chi connectivity index (χ2n) is 5.65. The van der Waals surface area contributed by atoms with Gasteiger partial charge in [-0.1, -0.05) is 13.8 Å². The van der Waals surface area contributed by atoms with Crippen LogP contribution in [0.2, 0.25) is 0 Å². The van der Waals surface area contributed by atoms with Crippen molar-refractivity contribution in [3.63, 3.8) is 0 Å². The summed E-state index contributed by atoms with van der Waals surface area (Å²) in [7, 11) is 1.83. The summed E-state index contributed by atoms with van der Waals surface area (Å²) in [6.07, 6.45) is 0. The number of aryl methyl sites for hydroxylation is 2. The van der Waals surface area contributed by atoms with Crippen molar-refractivity contribution in [3.8, 4) is 0 Å². The van der Waals surface area contributed by atoms with E-state index in [4.69, 9.17) is 11.5 Å². The lowest BCUT2D eigenvalue weighted by Crippen LogP contribution is -2.40. The Morgan fingerprint density at radius 2 is 2.05 bits per heavy atom. The summed E-state index contributed by atoms with van der Waals surface area (Å²) < 4.78 is 1.71. The highest BCUT2D eigenvalue weighted by molar-refractivity contribution is 5.99. The Hall–Kier alpha value is -1.56. The molecule has 0 aliphatic heterocycles. The van der Waals surface area contributed by atoms with Crippen LogP contribution in [0.25, 0.3) is 0 Å². The molecule has 0 radical (unpaired) electrons. The minimum atomic E-state index is -0.440. The zero-order valence-corrected chi connectivity index (χ0v) is 12.5. The number of hydrogen-bond acceptors (Lipinski definition) is 4. The molecule has 1 amide bonds. The van der Waals surface area contributed by atoms with Gasteiger partial charge in [0.1, 0.15) is 11.4 Å². The molecule has 19 heavy (non-hydrogen) atoms. The average molecular weight is 267 g/mol. The van der Waals surface area contributed by atoms with Gasteiger partial charge in [0, 0.05) is 20.1 Å². The molecule has 6 nitrogen and oxygen atoms in total. The van der Waals surface area contributed by atoms with Crippen molar-refractivity contribution in [3.05, 3.63) is 11.3 Å². The third-order valence-electron chi connectivity index (χ3n) is 3.29. The maximum absolute atomic E-state index is 11.6. The summed E-state index contributed by atoms with van der Waals surface area (Å²) in [6.45, 7) is 10.1. The van der Waals surface area contributed by atoms with E-state index in [0.29, 0.717) is 17.8 Å². The van der Waals surface area contributed by atoms with Gasteiger partial charge in [-0.3, -0.25) is 9.48 Å². The molecule has 0 aliphatic rings. The molecule has 6 heteroatoms. The summed E-state index contributed by atoms with van der Waals surface area (Å²) >= 11 is 0. The number of carbonyl (C=O) groups excluding carboxylic acids is 1. The normalized spacial score (nSPS) is 11.7. The van der Waals surface area contributed by atoms with Crippen LogP contribution >= 0.6 is 0 Å². The number of primary amides is 1. The minimum absolute atomic E-state index is 0.0386. The Morgan fingerprint density at radius 3 is 2.47 bits per heavy atom. The van der Waals surface area contributed by atoms with E-state index in [1.54, 1.807) is 11.6 Å². The maximum Gasteiger partial charge on any atom is 0.254 e. The second-order valence-corrected chi connectivity index (χ2v) is 5.65. The first kappa shape index (κ1) is 15.5. The fourth-order valence-electron chi connectivity index (χ4n) is 2.21. The van der Waals surface area contributed by atoms with Gasteiger partial charge in [-0.25, -0.2) is 0 Å². The third kappa shape index (κ3) is 3.26. The van der Waals surface area contributed by atoms with Crippen molar-refractivity contribution < 1.29 is 4.79 Å². The first-order chi connectivity index (χ1) is 8.73. The Balaban J connectivity index is 3.22. The van der Waals surface area contributed by atoms with E-state index >= 15 is 0 Å². The van der Waals surface area contributed by atoms with Crippen LogP contribution in [0, 0.1) is 12.3 Å². The van der Waals surface area contributed by atoms with Crippen LogP contribution in [-0.4, -0.2) is 35.3 Å². The zero-order chi connectivity index (χ0) is 14.8. The zero-order valence-electron chi connectivity index (χ0n) is 12.5. The van der Waals surface area contributed by atoms with Gasteiger partial charge in [0.25, 0.3) is 5.91 Å². The molecule has 0 aliphatic carbocycles. The van der Waals surface area contributed by atoms with Crippen molar-refractivity contribution in [2.75, 3.05) is 24.5 Å². The van der Waals surface area contributed by atoms with Gasteiger partial charge in [-0.2, -0.15) is 5.10 Å². The lowest BCUT2D eigenvalue weighted by molar-refractivity contribution is 0.1000. The standard InChI is InChI=1S/C13H25N5O/c1-6-18(8-13(3,4)7-14)12-10(11(15)19)9(2)16-17(12)5/h6-8,14H2,1-5H3,(H2,15,19). The molecule has 0 unspecified atom stereocenters. The van der Waals surface area contributed by atoms with Gasteiger partial charge in [0.05, 0.1) is 5.69 Å². The van der Waals surface area contributed by atoms with Crippen molar-refractivity contribution in [1.82, 2.24) is 9.78 Å². The van der Waals surface area contributed by atoms with Crippen molar-refractivity contribution in [2.24, 2.45) is 23.9 Å². The molecule has 0 spiro atoms. The summed E-state index contributed by atoms with van der Waals surface area (Å²) in [6, 6.07) is 0. The molecule has 1 aromatic heterocycles. The van der Waals surface area contributed by atoms with Gasteiger partial charge in [0.15, 0.2) is 0 Å². The lowest BCUT2D eigenvalue weighted by Gasteiger charge is -2.32. The molecule has 0 atom stereocenters. The first-order valence-electron chi connectivity index (χ1n) is 6.52. The van der Waals surface area contributed by atoms with Crippen LogP contribution < -0.4 is 16.4 Å². The summed E-state index contributed by atoms with van der Waals surface area (Å²) in [5.41, 5.74) is 12.4. The van der Waals surface area contributed by atoms with Crippen LogP contribution in [0.5, 0.6) is 0 Å². The molecular formula is C13H25N5O. The van der Waals surface area contributed by atoms with Gasteiger partial charge in [0.2, 0.25) is 0 Å². The molecule has 0 saturated heterocycles. The number of rotatable bonds is 6. The van der Waals surface area contributed by atoms with E-state index in [-0.39, 0.29) is 5.41 Å². The summed E-state index contributed by atoms with van der Waals surface area (Å²) in [5, 5.41) is 4.30. The van der Waals surface area contributed by atoms with E-state index in [1.165, 1.54) is 0 Å². The Morgan fingerprint density at radius 1 is 1.47 bits per heavy atom. The van der Waals surface area contributed by atoms with Crippen molar-refractivity contribution >= 4 is 11.7 Å². The molecular weight excluding hydrogens is 242 g/mol. The molecule has 1 aromatic rings. The van der Waals surface area contributed by atoms with E-state index in [2.05, 4.69) is 23.8 Å². The quantitative estimate of drug-likeness (QED) is 0.791. The van der Waals surface area contributed by atoms with Gasteiger partial charge < -0.3 is 16.4 Å². The third-order valence-corrected chi connectivity index (χ3v) is 3.29. The number of carbonyl (C=O) groups is 1. The number of aromatic nitrogens is 2. The van der Waals surface area contributed by atoms with Crippen molar-refractivity contribution in [1.29, 1.82) is 0 Å². The SMILES string of the molecule is CCN(CC(C)(C)CN)c1c(C(N)=O)c(C)nn1C. The predicted octanol–water partition coefficient (Wildman–Crippen LogP) is 0.639. The Bertz CT molecular complexity index is 464. The van der Waals surface area contributed by atoms with Crippen LogP contribution in [-0.2, 0) is 7.05 Å². The fraction of sp³-hybridized carbons (Fsp3) is 0.692. The van der Waals surface area contributed by atoms with Crippen LogP contribution in [0.3, 0.4) is 0 Å². The van der Waals surface area contributed by atoms with Gasteiger partial charge >= 0.3 is 0 Å². The first-order valence-corrected chi connectivity index (χ1v) is 6.52. The monoisotopic (exact) mass is 267 g/mol. The molecule has 1 heterocycles. The van der Waals surface area contributed by atoms with Crippen LogP contribution in [0.4, 0.5) is 5.82 Å². The molecule has 0 aromatic carbocycles. The highest BCUT2D eigenvalue weighted by Gasteiger charge is 2.26. The van der Waals surface area contributed by atoms with Crippen LogP contribution in [0.1, 0.15) is 36.8 Å². The fourth-order valence-corrected chi connectivity index (χ4v) is 2.21.